The van der Waals surface area contributed by atoms with Crippen LogP contribution in [0, 0.1) is 0 Å². The van der Waals surface area contributed by atoms with Gasteiger partial charge in [0, 0.05) is 13.0 Å². The quantitative estimate of drug-likeness (QED) is 0.352. The second-order valence-electron chi connectivity index (χ2n) is 5.80. The van der Waals surface area contributed by atoms with Crippen molar-refractivity contribution in [3.8, 4) is 0 Å². The van der Waals surface area contributed by atoms with Crippen LogP contribution >= 0.6 is 0 Å². The molecule has 0 heterocycles. The normalized spacial score (nSPS) is 10.3. The van der Waals surface area contributed by atoms with E-state index in [1.807, 2.05) is 0 Å². The van der Waals surface area contributed by atoms with Crippen molar-refractivity contribution in [3.05, 3.63) is 0 Å². The summed E-state index contributed by atoms with van der Waals surface area (Å²) in [5.74, 6) is -0.102. The SMILES string of the molecule is CCCCCCCCCOC(=O)CCCCCNC(=O)OCC. The van der Waals surface area contributed by atoms with Crippen molar-refractivity contribution in [2.45, 2.75) is 84.5 Å². The number of carbonyl (C=O) groups excluding carboxylic acids is 2. The van der Waals surface area contributed by atoms with Crippen LogP contribution in [0.25, 0.3) is 0 Å². The first kappa shape index (κ1) is 21.7. The number of carbonyl (C=O) groups is 2. The van der Waals surface area contributed by atoms with Gasteiger partial charge in [-0.1, -0.05) is 51.9 Å². The monoisotopic (exact) mass is 329 g/mol. The number of unbranched alkanes of at least 4 members (excludes halogenated alkanes) is 8. The van der Waals surface area contributed by atoms with E-state index in [9.17, 15) is 9.59 Å². The first-order chi connectivity index (χ1) is 11.2. The summed E-state index contributed by atoms with van der Waals surface area (Å²) in [5, 5.41) is 2.66. The van der Waals surface area contributed by atoms with Crippen LogP contribution in [-0.2, 0) is 14.3 Å². The molecule has 0 bridgehead atoms. The fraction of sp³-hybridized carbons (Fsp3) is 0.889. The Kier molecular flexibility index (Phi) is 16.2. The van der Waals surface area contributed by atoms with Crippen molar-refractivity contribution in [1.82, 2.24) is 5.32 Å². The first-order valence-corrected chi connectivity index (χ1v) is 9.27. The Balaban J connectivity index is 3.23. The van der Waals surface area contributed by atoms with Crippen LogP contribution in [0.1, 0.15) is 84.5 Å². The predicted molar refractivity (Wildman–Crippen MR) is 92.4 cm³/mol. The molecule has 0 spiro atoms. The van der Waals surface area contributed by atoms with E-state index >= 15 is 0 Å². The van der Waals surface area contributed by atoms with Gasteiger partial charge in [0.05, 0.1) is 13.2 Å². The van der Waals surface area contributed by atoms with E-state index in [4.69, 9.17) is 9.47 Å². The predicted octanol–water partition coefficient (Wildman–Crippen LogP) is 4.59. The summed E-state index contributed by atoms with van der Waals surface area (Å²) in [5.41, 5.74) is 0. The molecule has 1 amide bonds. The maximum absolute atomic E-state index is 11.5. The maximum Gasteiger partial charge on any atom is 0.407 e. The zero-order valence-corrected chi connectivity index (χ0v) is 15.0. The lowest BCUT2D eigenvalue weighted by Gasteiger charge is -2.06. The molecule has 0 saturated heterocycles. The molecule has 0 atom stereocenters. The third-order valence-electron chi connectivity index (χ3n) is 3.61. The van der Waals surface area contributed by atoms with Gasteiger partial charge in [0.15, 0.2) is 0 Å². The van der Waals surface area contributed by atoms with Crippen LogP contribution in [0.3, 0.4) is 0 Å². The van der Waals surface area contributed by atoms with E-state index in [0.29, 0.717) is 26.2 Å². The summed E-state index contributed by atoms with van der Waals surface area (Å²) in [6, 6.07) is 0. The van der Waals surface area contributed by atoms with Crippen molar-refractivity contribution in [1.29, 1.82) is 0 Å². The molecule has 0 rings (SSSR count). The number of hydrogen-bond donors (Lipinski definition) is 1. The minimum Gasteiger partial charge on any atom is -0.466 e. The van der Waals surface area contributed by atoms with E-state index in [1.165, 1.54) is 32.1 Å². The van der Waals surface area contributed by atoms with Crippen molar-refractivity contribution in [2.75, 3.05) is 19.8 Å². The van der Waals surface area contributed by atoms with Crippen LogP contribution in [0.15, 0.2) is 0 Å². The van der Waals surface area contributed by atoms with E-state index in [1.54, 1.807) is 6.92 Å². The number of esters is 1. The number of amides is 1. The average molecular weight is 329 g/mol. The highest BCUT2D eigenvalue weighted by atomic mass is 16.5. The van der Waals surface area contributed by atoms with Gasteiger partial charge in [0.1, 0.15) is 0 Å². The number of nitrogens with one attached hydrogen (secondary N) is 1. The minimum atomic E-state index is -0.374. The largest absolute Gasteiger partial charge is 0.466 e. The van der Waals surface area contributed by atoms with Crippen LogP contribution in [-0.4, -0.2) is 31.8 Å². The number of alkyl carbamates (subject to hydrolysis) is 1. The molecular formula is C18H35NO4. The fourth-order valence-electron chi connectivity index (χ4n) is 2.26. The van der Waals surface area contributed by atoms with Crippen molar-refractivity contribution < 1.29 is 19.1 Å². The molecule has 5 heteroatoms. The molecule has 1 N–H and O–H groups in total. The first-order valence-electron chi connectivity index (χ1n) is 9.27. The summed E-state index contributed by atoms with van der Waals surface area (Å²) < 4.78 is 9.97. The Morgan fingerprint density at radius 3 is 2.13 bits per heavy atom. The highest BCUT2D eigenvalue weighted by Crippen LogP contribution is 2.07. The van der Waals surface area contributed by atoms with E-state index in [0.717, 1.165) is 32.1 Å². The molecule has 0 aliphatic carbocycles. The Morgan fingerprint density at radius 2 is 1.43 bits per heavy atom. The smallest absolute Gasteiger partial charge is 0.407 e. The molecule has 0 aromatic heterocycles. The molecule has 23 heavy (non-hydrogen) atoms. The zero-order chi connectivity index (χ0) is 17.2. The minimum absolute atomic E-state index is 0.102. The third kappa shape index (κ3) is 16.9. The highest BCUT2D eigenvalue weighted by molar-refractivity contribution is 5.69. The third-order valence-corrected chi connectivity index (χ3v) is 3.61. The standard InChI is InChI=1S/C18H35NO4/c1-3-5-6-7-8-9-13-16-23-17(20)14-11-10-12-15-19-18(21)22-4-2/h3-16H2,1-2H3,(H,19,21). The topological polar surface area (TPSA) is 64.6 Å². The van der Waals surface area contributed by atoms with E-state index in [-0.39, 0.29) is 12.1 Å². The van der Waals surface area contributed by atoms with Gasteiger partial charge in [-0.15, -0.1) is 0 Å². The Labute approximate surface area is 141 Å². The second kappa shape index (κ2) is 17.1. The molecule has 0 aromatic rings. The van der Waals surface area contributed by atoms with Gasteiger partial charge in [-0.2, -0.15) is 0 Å². The Hall–Kier alpha value is -1.26. The van der Waals surface area contributed by atoms with Crippen LogP contribution in [0.5, 0.6) is 0 Å². The van der Waals surface area contributed by atoms with E-state index < -0.39 is 0 Å². The van der Waals surface area contributed by atoms with Gasteiger partial charge in [-0.25, -0.2) is 4.79 Å². The summed E-state index contributed by atoms with van der Waals surface area (Å²) in [7, 11) is 0. The van der Waals surface area contributed by atoms with Crippen LogP contribution < -0.4 is 5.32 Å². The maximum atomic E-state index is 11.5. The van der Waals surface area contributed by atoms with Gasteiger partial charge in [-0.3, -0.25) is 4.79 Å². The van der Waals surface area contributed by atoms with Gasteiger partial charge in [0.25, 0.3) is 0 Å². The van der Waals surface area contributed by atoms with Crippen molar-refractivity contribution in [2.24, 2.45) is 0 Å². The van der Waals surface area contributed by atoms with Crippen LogP contribution in [0.4, 0.5) is 4.79 Å². The van der Waals surface area contributed by atoms with Crippen molar-refractivity contribution >= 4 is 12.1 Å². The lowest BCUT2D eigenvalue weighted by atomic mass is 10.1. The molecular weight excluding hydrogens is 294 g/mol. The number of ether oxygens (including phenoxy) is 2. The van der Waals surface area contributed by atoms with E-state index in [2.05, 4.69) is 12.2 Å². The summed E-state index contributed by atoms with van der Waals surface area (Å²) in [6.45, 7) is 5.52. The lowest BCUT2D eigenvalue weighted by Crippen LogP contribution is -2.25. The molecule has 0 radical (unpaired) electrons. The molecule has 0 fully saturated rings. The fourth-order valence-corrected chi connectivity index (χ4v) is 2.26. The number of rotatable bonds is 15. The summed E-state index contributed by atoms with van der Waals surface area (Å²) in [4.78, 5) is 22.6. The molecule has 0 aromatic carbocycles. The second-order valence-corrected chi connectivity index (χ2v) is 5.80. The molecule has 0 unspecified atom stereocenters. The summed E-state index contributed by atoms with van der Waals surface area (Å²) >= 11 is 0. The molecule has 0 aliphatic rings. The van der Waals surface area contributed by atoms with Gasteiger partial charge < -0.3 is 14.8 Å². The zero-order valence-electron chi connectivity index (χ0n) is 15.0. The van der Waals surface area contributed by atoms with Crippen LogP contribution in [0.2, 0.25) is 0 Å². The number of hydrogen-bond acceptors (Lipinski definition) is 4. The van der Waals surface area contributed by atoms with Gasteiger partial charge in [0.2, 0.25) is 0 Å². The average Bonchev–Trinajstić information content (AvgIpc) is 2.53. The van der Waals surface area contributed by atoms with Gasteiger partial charge >= 0.3 is 12.1 Å². The molecule has 0 saturated carbocycles. The van der Waals surface area contributed by atoms with Gasteiger partial charge in [-0.05, 0) is 26.2 Å². The Bertz CT molecular complexity index is 295. The lowest BCUT2D eigenvalue weighted by molar-refractivity contribution is -0.143. The Morgan fingerprint density at radius 1 is 0.783 bits per heavy atom. The summed E-state index contributed by atoms with van der Waals surface area (Å²) in [6.07, 6.45) is 11.2. The molecule has 136 valence electrons. The highest BCUT2D eigenvalue weighted by Gasteiger charge is 2.03. The molecule has 5 nitrogen and oxygen atoms in total. The molecule has 0 aliphatic heterocycles. The van der Waals surface area contributed by atoms with Crippen molar-refractivity contribution in [3.63, 3.8) is 0 Å².